The van der Waals surface area contributed by atoms with E-state index in [4.69, 9.17) is 17.0 Å². The molecule has 2 fully saturated rings. The van der Waals surface area contributed by atoms with Gasteiger partial charge in [-0.05, 0) is 43.3 Å². The summed E-state index contributed by atoms with van der Waals surface area (Å²) in [6.45, 7) is 2.92. The van der Waals surface area contributed by atoms with Crippen LogP contribution in [0.2, 0.25) is 0 Å². The molecule has 1 aromatic rings. The molecule has 1 saturated heterocycles. The van der Waals surface area contributed by atoms with Gasteiger partial charge in [0.05, 0.1) is 24.5 Å². The van der Waals surface area contributed by atoms with Crippen LogP contribution in [0.4, 0.5) is 20.6 Å². The molecule has 0 unspecified atom stereocenters. The van der Waals surface area contributed by atoms with Crippen LogP contribution in [0.3, 0.4) is 0 Å². The van der Waals surface area contributed by atoms with Crippen molar-refractivity contribution in [1.82, 2.24) is 16.0 Å². The Labute approximate surface area is 180 Å². The maximum Gasteiger partial charge on any atom is 0.414 e. The smallest absolute Gasteiger partial charge is 0.414 e. The van der Waals surface area contributed by atoms with E-state index in [0.29, 0.717) is 35.6 Å². The number of ether oxygens (including phenoxy) is 1. The van der Waals surface area contributed by atoms with Crippen LogP contribution in [0.15, 0.2) is 18.2 Å². The lowest BCUT2D eigenvalue weighted by atomic mass is 10.2. The normalized spacial score (nSPS) is 18.8. The molecule has 1 aromatic carbocycles. The first-order valence-electron chi connectivity index (χ1n) is 10.2. The summed E-state index contributed by atoms with van der Waals surface area (Å²) in [5.41, 5.74) is 0.756. The van der Waals surface area contributed by atoms with Crippen LogP contribution >= 0.6 is 12.2 Å². The molecule has 0 bridgehead atoms. The highest BCUT2D eigenvalue weighted by Gasteiger charge is 2.32. The van der Waals surface area contributed by atoms with Crippen LogP contribution < -0.4 is 26.2 Å². The molecular weight excluding hydrogens is 409 g/mol. The number of cyclic esters (lactones) is 1. The quantitative estimate of drug-likeness (QED) is 0.366. The fraction of sp³-hybridized carbons (Fsp3) is 0.550. The number of benzene rings is 1. The molecule has 1 saturated carbocycles. The maximum absolute atomic E-state index is 14.5. The fourth-order valence-corrected chi connectivity index (χ4v) is 3.86. The number of carbonyl (C=O) groups is 2. The molecule has 1 aliphatic heterocycles. The second-order valence-electron chi connectivity index (χ2n) is 7.53. The van der Waals surface area contributed by atoms with E-state index in [1.807, 2.05) is 0 Å². The van der Waals surface area contributed by atoms with Crippen LogP contribution in [0.5, 0.6) is 0 Å². The van der Waals surface area contributed by atoms with Gasteiger partial charge in [0.1, 0.15) is 11.9 Å². The van der Waals surface area contributed by atoms with Gasteiger partial charge in [-0.25, -0.2) is 9.18 Å². The van der Waals surface area contributed by atoms with Gasteiger partial charge >= 0.3 is 6.09 Å². The third-order valence-electron chi connectivity index (χ3n) is 5.13. The molecule has 1 atom stereocenters. The predicted octanol–water partition coefficient (Wildman–Crippen LogP) is 2.11. The number of thiocarbonyl (C=S) groups is 1. The van der Waals surface area contributed by atoms with Crippen molar-refractivity contribution in [3.05, 3.63) is 24.0 Å². The molecule has 2 aliphatic rings. The molecule has 1 heterocycles. The second kappa shape index (κ2) is 10.4. The van der Waals surface area contributed by atoms with E-state index in [0.717, 1.165) is 12.8 Å². The minimum absolute atomic E-state index is 0.199. The van der Waals surface area contributed by atoms with Gasteiger partial charge in [-0.2, -0.15) is 0 Å². The Kier molecular flexibility index (Phi) is 7.67. The van der Waals surface area contributed by atoms with Gasteiger partial charge in [0.15, 0.2) is 5.11 Å². The van der Waals surface area contributed by atoms with Crippen LogP contribution in [0.1, 0.15) is 32.6 Å². The molecule has 3 rings (SSSR count). The molecule has 1 aliphatic carbocycles. The molecule has 164 valence electrons. The van der Waals surface area contributed by atoms with Gasteiger partial charge in [-0.3, -0.25) is 9.69 Å². The van der Waals surface area contributed by atoms with Crippen LogP contribution in [0.25, 0.3) is 0 Å². The van der Waals surface area contributed by atoms with E-state index >= 15 is 0 Å². The first-order chi connectivity index (χ1) is 14.4. The Balaban J connectivity index is 1.44. The van der Waals surface area contributed by atoms with E-state index in [2.05, 4.69) is 21.3 Å². The zero-order valence-electron chi connectivity index (χ0n) is 17.0. The summed E-state index contributed by atoms with van der Waals surface area (Å²) in [7, 11) is 0. The van der Waals surface area contributed by atoms with Crippen molar-refractivity contribution in [2.24, 2.45) is 0 Å². The molecule has 0 spiro atoms. The molecule has 8 nitrogen and oxygen atoms in total. The number of nitrogens with zero attached hydrogens (tertiary/aromatic N) is 1. The maximum atomic E-state index is 14.5. The molecule has 0 radical (unpaired) electrons. The van der Waals surface area contributed by atoms with Crippen molar-refractivity contribution in [3.8, 4) is 0 Å². The number of rotatable bonds is 8. The third kappa shape index (κ3) is 6.19. The fourth-order valence-electron chi connectivity index (χ4n) is 3.59. The number of carbonyl (C=O) groups excluding carboxylic acids is 2. The van der Waals surface area contributed by atoms with Crippen molar-refractivity contribution >= 4 is 40.7 Å². The number of amides is 2. The first kappa shape index (κ1) is 22.1. The van der Waals surface area contributed by atoms with Gasteiger partial charge in [0, 0.05) is 26.1 Å². The average Bonchev–Trinajstić information content (AvgIpc) is 3.34. The summed E-state index contributed by atoms with van der Waals surface area (Å²) in [5.74, 6) is -0.659. The Morgan fingerprint density at radius 2 is 2.03 bits per heavy atom. The number of hydrogen-bond donors (Lipinski definition) is 4. The number of hydrogen-bond acceptors (Lipinski definition) is 5. The molecule has 30 heavy (non-hydrogen) atoms. The van der Waals surface area contributed by atoms with Gasteiger partial charge in [0.25, 0.3) is 0 Å². The Hall–Kier alpha value is -2.62. The number of nitrogens with one attached hydrogen (secondary N) is 4. The Morgan fingerprint density at radius 3 is 2.73 bits per heavy atom. The Bertz CT molecular complexity index is 788. The van der Waals surface area contributed by atoms with E-state index < -0.39 is 18.0 Å². The van der Waals surface area contributed by atoms with E-state index in [1.54, 1.807) is 12.1 Å². The molecule has 4 N–H and O–H groups in total. The topological polar surface area (TPSA) is 94.7 Å². The number of anilines is 2. The second-order valence-corrected chi connectivity index (χ2v) is 7.93. The molecule has 10 heteroatoms. The standard InChI is InChI=1S/C20H28FN5O3S/c1-13(27)24-11-16-12-26(20(28)29-16)15-6-7-18(17(21)10-15)22-8-9-23-19(30)25-14-4-2-3-5-14/h6-7,10,14,16,22H,2-5,8-9,11-12H2,1H3,(H,24,27)(H2,23,25,30)/t16-/m0/s1. The summed E-state index contributed by atoms with van der Waals surface area (Å²) in [6.07, 6.45) is 3.75. The van der Waals surface area contributed by atoms with Gasteiger partial charge in [-0.15, -0.1) is 0 Å². The summed E-state index contributed by atoms with van der Waals surface area (Å²) in [4.78, 5) is 24.4. The minimum Gasteiger partial charge on any atom is -0.442 e. The predicted molar refractivity (Wildman–Crippen MR) is 117 cm³/mol. The largest absolute Gasteiger partial charge is 0.442 e. The minimum atomic E-state index is -0.557. The lowest BCUT2D eigenvalue weighted by molar-refractivity contribution is -0.119. The van der Waals surface area contributed by atoms with Crippen molar-refractivity contribution in [1.29, 1.82) is 0 Å². The van der Waals surface area contributed by atoms with Crippen LogP contribution in [-0.2, 0) is 9.53 Å². The van der Waals surface area contributed by atoms with E-state index in [1.165, 1.54) is 30.7 Å². The van der Waals surface area contributed by atoms with Crippen LogP contribution in [-0.4, -0.2) is 55.4 Å². The van der Waals surface area contributed by atoms with Gasteiger partial charge in [-0.1, -0.05) is 12.8 Å². The average molecular weight is 438 g/mol. The van der Waals surface area contributed by atoms with Gasteiger partial charge in [0.2, 0.25) is 5.91 Å². The van der Waals surface area contributed by atoms with Gasteiger partial charge < -0.3 is 26.0 Å². The monoisotopic (exact) mass is 437 g/mol. The number of halogens is 1. The highest BCUT2D eigenvalue weighted by Crippen LogP contribution is 2.25. The SMILES string of the molecule is CC(=O)NC[C@H]1CN(c2ccc(NCCNC(=S)NC3CCCC3)c(F)c2)C(=O)O1. The highest BCUT2D eigenvalue weighted by atomic mass is 32.1. The van der Waals surface area contributed by atoms with E-state index in [-0.39, 0.29) is 19.0 Å². The van der Waals surface area contributed by atoms with Crippen molar-refractivity contribution in [2.75, 3.05) is 36.4 Å². The molecule has 2 amide bonds. The summed E-state index contributed by atoms with van der Waals surface area (Å²) in [5, 5.41) is 12.7. The zero-order chi connectivity index (χ0) is 21.5. The Morgan fingerprint density at radius 1 is 1.27 bits per heavy atom. The highest BCUT2D eigenvalue weighted by molar-refractivity contribution is 7.80. The van der Waals surface area contributed by atoms with E-state index in [9.17, 15) is 14.0 Å². The lowest BCUT2D eigenvalue weighted by Crippen LogP contribution is -2.42. The van der Waals surface area contributed by atoms with Crippen molar-refractivity contribution in [2.45, 2.75) is 44.8 Å². The molecular formula is C20H28FN5O3S. The zero-order valence-corrected chi connectivity index (χ0v) is 17.8. The van der Waals surface area contributed by atoms with Crippen LogP contribution in [0, 0.1) is 5.82 Å². The van der Waals surface area contributed by atoms with Crippen molar-refractivity contribution < 1.29 is 18.7 Å². The molecule has 0 aromatic heterocycles. The first-order valence-corrected chi connectivity index (χ1v) is 10.6. The summed E-state index contributed by atoms with van der Waals surface area (Å²) < 4.78 is 19.7. The summed E-state index contributed by atoms with van der Waals surface area (Å²) in [6, 6.07) is 5.00. The van der Waals surface area contributed by atoms with Crippen molar-refractivity contribution in [3.63, 3.8) is 0 Å². The third-order valence-corrected chi connectivity index (χ3v) is 5.40. The lowest BCUT2D eigenvalue weighted by Gasteiger charge is -2.17. The summed E-state index contributed by atoms with van der Waals surface area (Å²) >= 11 is 5.28.